The van der Waals surface area contributed by atoms with Crippen molar-refractivity contribution >= 4 is 5.95 Å². The molecule has 3 heterocycles. The van der Waals surface area contributed by atoms with Crippen molar-refractivity contribution in [3.63, 3.8) is 0 Å². The lowest BCUT2D eigenvalue weighted by atomic mass is 10.2. The molecule has 0 aliphatic rings. The summed E-state index contributed by atoms with van der Waals surface area (Å²) in [6.45, 7) is 2.44. The minimum atomic E-state index is 0.532. The standard InChI is InChI=1S/C15H14N6/c1-11-7-19-13(9-18-11)10-20-15-17-6-4-14(21-15)12-3-2-5-16-8-12/h2-9H,10H2,1H3,(H,17,20,21). The van der Waals surface area contributed by atoms with E-state index < -0.39 is 0 Å². The van der Waals surface area contributed by atoms with Crippen molar-refractivity contribution in [2.45, 2.75) is 13.5 Å². The van der Waals surface area contributed by atoms with Crippen LogP contribution in [0.25, 0.3) is 11.3 Å². The molecule has 0 atom stereocenters. The fourth-order valence-corrected chi connectivity index (χ4v) is 1.80. The van der Waals surface area contributed by atoms with E-state index in [-0.39, 0.29) is 0 Å². The molecule has 6 heteroatoms. The van der Waals surface area contributed by atoms with E-state index in [0.29, 0.717) is 12.5 Å². The van der Waals surface area contributed by atoms with Gasteiger partial charge < -0.3 is 5.32 Å². The van der Waals surface area contributed by atoms with E-state index in [9.17, 15) is 0 Å². The lowest BCUT2D eigenvalue weighted by molar-refractivity contribution is 0.963. The number of pyridine rings is 1. The maximum atomic E-state index is 4.47. The van der Waals surface area contributed by atoms with Crippen LogP contribution in [0.4, 0.5) is 5.95 Å². The molecule has 0 fully saturated rings. The number of aryl methyl sites for hydroxylation is 1. The molecule has 3 rings (SSSR count). The highest BCUT2D eigenvalue weighted by molar-refractivity contribution is 5.58. The van der Waals surface area contributed by atoms with Crippen LogP contribution in [-0.4, -0.2) is 24.9 Å². The quantitative estimate of drug-likeness (QED) is 0.788. The molecule has 0 aliphatic heterocycles. The highest BCUT2D eigenvalue weighted by Gasteiger charge is 2.02. The van der Waals surface area contributed by atoms with E-state index in [4.69, 9.17) is 0 Å². The lowest BCUT2D eigenvalue weighted by Crippen LogP contribution is -2.06. The SMILES string of the molecule is Cc1cnc(CNc2nccc(-c3cccnc3)n2)cn1. The summed E-state index contributed by atoms with van der Waals surface area (Å²) in [6.07, 6.45) is 8.72. The van der Waals surface area contributed by atoms with Gasteiger partial charge in [-0.1, -0.05) is 0 Å². The third-order valence-corrected chi connectivity index (χ3v) is 2.87. The largest absolute Gasteiger partial charge is 0.348 e. The summed E-state index contributed by atoms with van der Waals surface area (Å²) >= 11 is 0. The van der Waals surface area contributed by atoms with Gasteiger partial charge in [-0.25, -0.2) is 9.97 Å². The number of hydrogen-bond donors (Lipinski definition) is 1. The van der Waals surface area contributed by atoms with Crippen LogP contribution in [0.2, 0.25) is 0 Å². The fourth-order valence-electron chi connectivity index (χ4n) is 1.80. The minimum absolute atomic E-state index is 0.532. The van der Waals surface area contributed by atoms with Crippen molar-refractivity contribution in [2.24, 2.45) is 0 Å². The van der Waals surface area contributed by atoms with Crippen LogP contribution in [0.1, 0.15) is 11.4 Å². The first kappa shape index (κ1) is 13.1. The molecule has 3 aromatic heterocycles. The number of nitrogens with zero attached hydrogens (tertiary/aromatic N) is 5. The smallest absolute Gasteiger partial charge is 0.223 e. The summed E-state index contributed by atoms with van der Waals surface area (Å²) in [4.78, 5) is 21.3. The summed E-state index contributed by atoms with van der Waals surface area (Å²) in [5.74, 6) is 0.554. The van der Waals surface area contributed by atoms with Crippen LogP contribution in [0.5, 0.6) is 0 Å². The van der Waals surface area contributed by atoms with Crippen LogP contribution < -0.4 is 5.32 Å². The number of aromatic nitrogens is 5. The molecule has 104 valence electrons. The van der Waals surface area contributed by atoms with Crippen LogP contribution in [0.3, 0.4) is 0 Å². The molecule has 1 N–H and O–H groups in total. The third-order valence-electron chi connectivity index (χ3n) is 2.87. The van der Waals surface area contributed by atoms with E-state index in [1.807, 2.05) is 25.1 Å². The van der Waals surface area contributed by atoms with Crippen molar-refractivity contribution in [1.82, 2.24) is 24.9 Å². The molecule has 0 bridgehead atoms. The number of rotatable bonds is 4. The van der Waals surface area contributed by atoms with Gasteiger partial charge >= 0.3 is 0 Å². The van der Waals surface area contributed by atoms with E-state index in [0.717, 1.165) is 22.6 Å². The first-order chi connectivity index (χ1) is 10.3. The second-order valence-corrected chi connectivity index (χ2v) is 4.51. The fraction of sp³-hybridized carbons (Fsp3) is 0.133. The van der Waals surface area contributed by atoms with E-state index >= 15 is 0 Å². The van der Waals surface area contributed by atoms with Crippen molar-refractivity contribution < 1.29 is 0 Å². The Morgan fingerprint density at radius 2 is 1.95 bits per heavy atom. The predicted molar refractivity (Wildman–Crippen MR) is 79.4 cm³/mol. The van der Waals surface area contributed by atoms with Crippen LogP contribution in [0.15, 0.2) is 49.2 Å². The molecule has 3 aromatic rings. The van der Waals surface area contributed by atoms with E-state index in [1.165, 1.54) is 0 Å². The lowest BCUT2D eigenvalue weighted by Gasteiger charge is -2.06. The summed E-state index contributed by atoms with van der Waals surface area (Å²) in [5, 5.41) is 3.15. The van der Waals surface area contributed by atoms with Gasteiger partial charge in [-0.2, -0.15) is 0 Å². The monoisotopic (exact) mass is 278 g/mol. The topological polar surface area (TPSA) is 76.5 Å². The molecule has 0 aliphatic carbocycles. The molecule has 6 nitrogen and oxygen atoms in total. The van der Waals surface area contributed by atoms with Gasteiger partial charge in [0.05, 0.1) is 29.8 Å². The first-order valence-corrected chi connectivity index (χ1v) is 6.56. The van der Waals surface area contributed by atoms with Gasteiger partial charge in [0.2, 0.25) is 5.95 Å². The Morgan fingerprint density at radius 3 is 2.71 bits per heavy atom. The molecular weight excluding hydrogens is 264 g/mol. The van der Waals surface area contributed by atoms with Crippen LogP contribution in [0, 0.1) is 6.92 Å². The zero-order valence-electron chi connectivity index (χ0n) is 11.6. The summed E-state index contributed by atoms with van der Waals surface area (Å²) in [6, 6.07) is 5.70. The summed E-state index contributed by atoms with van der Waals surface area (Å²) in [7, 11) is 0. The van der Waals surface area contributed by atoms with Gasteiger partial charge in [0.15, 0.2) is 0 Å². The molecule has 0 saturated heterocycles. The van der Waals surface area contributed by atoms with Crippen molar-refractivity contribution in [1.29, 1.82) is 0 Å². The van der Waals surface area contributed by atoms with Gasteiger partial charge in [-0.15, -0.1) is 0 Å². The van der Waals surface area contributed by atoms with Crippen molar-refractivity contribution in [3.05, 3.63) is 60.6 Å². The van der Waals surface area contributed by atoms with Crippen molar-refractivity contribution in [2.75, 3.05) is 5.32 Å². The van der Waals surface area contributed by atoms with Gasteiger partial charge in [0, 0.05) is 30.4 Å². The molecule has 0 amide bonds. The molecule has 0 unspecified atom stereocenters. The molecule has 0 saturated carbocycles. The Morgan fingerprint density at radius 1 is 1.00 bits per heavy atom. The maximum absolute atomic E-state index is 4.47. The van der Waals surface area contributed by atoms with Gasteiger partial charge in [-0.3, -0.25) is 15.0 Å². The second kappa shape index (κ2) is 6.04. The Kier molecular flexibility index (Phi) is 3.77. The first-order valence-electron chi connectivity index (χ1n) is 6.56. The zero-order chi connectivity index (χ0) is 14.5. The highest BCUT2D eigenvalue weighted by Crippen LogP contribution is 2.15. The third kappa shape index (κ3) is 3.36. The molecule has 0 spiro atoms. The van der Waals surface area contributed by atoms with Crippen LogP contribution >= 0.6 is 0 Å². The molecule has 0 aromatic carbocycles. The molecule has 0 radical (unpaired) electrons. The average molecular weight is 278 g/mol. The molecular formula is C15H14N6. The van der Waals surface area contributed by atoms with E-state index in [1.54, 1.807) is 31.0 Å². The average Bonchev–Trinajstić information content (AvgIpc) is 2.55. The highest BCUT2D eigenvalue weighted by atomic mass is 15.1. The number of hydrogen-bond acceptors (Lipinski definition) is 6. The predicted octanol–water partition coefficient (Wildman–Crippen LogP) is 2.25. The number of nitrogens with one attached hydrogen (secondary N) is 1. The Hall–Kier alpha value is -2.89. The number of anilines is 1. The Labute approximate surface area is 122 Å². The van der Waals surface area contributed by atoms with Gasteiger partial charge in [0.25, 0.3) is 0 Å². The van der Waals surface area contributed by atoms with Gasteiger partial charge in [0.1, 0.15) is 0 Å². The van der Waals surface area contributed by atoms with Crippen molar-refractivity contribution in [3.8, 4) is 11.3 Å². The van der Waals surface area contributed by atoms with Gasteiger partial charge in [-0.05, 0) is 25.1 Å². The second-order valence-electron chi connectivity index (χ2n) is 4.51. The zero-order valence-corrected chi connectivity index (χ0v) is 11.6. The normalized spacial score (nSPS) is 10.3. The maximum Gasteiger partial charge on any atom is 0.223 e. The Bertz CT molecular complexity index is 712. The van der Waals surface area contributed by atoms with Crippen LogP contribution in [-0.2, 0) is 6.54 Å². The minimum Gasteiger partial charge on any atom is -0.348 e. The Balaban J connectivity index is 1.73. The summed E-state index contributed by atoms with van der Waals surface area (Å²) < 4.78 is 0. The van der Waals surface area contributed by atoms with E-state index in [2.05, 4.69) is 30.2 Å². The molecule has 21 heavy (non-hydrogen) atoms. The summed E-state index contributed by atoms with van der Waals surface area (Å²) in [5.41, 5.74) is 3.53.